The highest BCUT2D eigenvalue weighted by molar-refractivity contribution is 5.98. The van der Waals surface area contributed by atoms with Crippen molar-refractivity contribution in [3.05, 3.63) is 47.8 Å². The lowest BCUT2D eigenvalue weighted by molar-refractivity contribution is -0.117. The van der Waals surface area contributed by atoms with Crippen molar-refractivity contribution in [2.45, 2.75) is 19.4 Å². The van der Waals surface area contributed by atoms with Crippen LogP contribution in [0.15, 0.2) is 36.4 Å². The highest BCUT2D eigenvalue weighted by Crippen LogP contribution is 2.35. The van der Waals surface area contributed by atoms with E-state index in [0.29, 0.717) is 48.2 Å². The zero-order valence-corrected chi connectivity index (χ0v) is 15.3. The van der Waals surface area contributed by atoms with Crippen molar-refractivity contribution in [1.82, 2.24) is 5.32 Å². The number of rotatable bonds is 3. The largest absolute Gasteiger partial charge is 0.486 e. The van der Waals surface area contributed by atoms with E-state index in [2.05, 4.69) is 10.6 Å². The highest BCUT2D eigenvalue weighted by atomic mass is 19.1. The summed E-state index contributed by atoms with van der Waals surface area (Å²) in [5, 5.41) is 5.35. The number of carbonyl (C=O) groups excluding carboxylic acids is 2. The second-order valence-electron chi connectivity index (χ2n) is 6.80. The first-order chi connectivity index (χ1) is 13.5. The molecule has 2 heterocycles. The van der Waals surface area contributed by atoms with Gasteiger partial charge in [0.25, 0.3) is 0 Å². The van der Waals surface area contributed by atoms with Gasteiger partial charge in [-0.2, -0.15) is 0 Å². The molecule has 0 aliphatic carbocycles. The number of amides is 3. The maximum absolute atomic E-state index is 13.6. The molecule has 7 nitrogen and oxygen atoms in total. The Kier molecular flexibility index (Phi) is 4.77. The maximum Gasteiger partial charge on any atom is 0.319 e. The molecule has 0 spiro atoms. The van der Waals surface area contributed by atoms with E-state index in [4.69, 9.17) is 9.47 Å². The van der Waals surface area contributed by atoms with Gasteiger partial charge in [0.15, 0.2) is 11.5 Å². The molecule has 2 aliphatic heterocycles. The topological polar surface area (TPSA) is 79.9 Å². The molecule has 2 aromatic rings. The van der Waals surface area contributed by atoms with E-state index in [0.717, 1.165) is 0 Å². The van der Waals surface area contributed by atoms with Crippen LogP contribution in [0.2, 0.25) is 0 Å². The quantitative estimate of drug-likeness (QED) is 0.852. The predicted octanol–water partition coefficient (Wildman–Crippen LogP) is 2.83. The number of hydrogen-bond donors (Lipinski definition) is 2. The lowest BCUT2D eigenvalue weighted by Gasteiger charge is -2.22. The normalized spacial score (nSPS) is 18.1. The summed E-state index contributed by atoms with van der Waals surface area (Å²) in [6, 6.07) is 8.98. The highest BCUT2D eigenvalue weighted by Gasteiger charge is 2.32. The fourth-order valence-corrected chi connectivity index (χ4v) is 3.28. The molecule has 1 fully saturated rings. The molecule has 1 atom stereocenters. The van der Waals surface area contributed by atoms with Crippen molar-refractivity contribution >= 4 is 23.3 Å². The van der Waals surface area contributed by atoms with Crippen LogP contribution in [0.4, 0.5) is 20.6 Å². The zero-order valence-electron chi connectivity index (χ0n) is 15.3. The number of carbonyl (C=O) groups is 2. The molecule has 8 heteroatoms. The van der Waals surface area contributed by atoms with E-state index < -0.39 is 11.8 Å². The monoisotopic (exact) mass is 385 g/mol. The van der Waals surface area contributed by atoms with Crippen LogP contribution < -0.4 is 25.0 Å². The van der Waals surface area contributed by atoms with Crippen LogP contribution in [0, 0.1) is 12.7 Å². The minimum atomic E-state index is -0.481. The van der Waals surface area contributed by atoms with Gasteiger partial charge < -0.3 is 25.0 Å². The van der Waals surface area contributed by atoms with Gasteiger partial charge in [0.2, 0.25) is 5.91 Å². The third kappa shape index (κ3) is 3.71. The van der Waals surface area contributed by atoms with Crippen molar-refractivity contribution in [1.29, 1.82) is 0 Å². The number of aryl methyl sites for hydroxylation is 1. The summed E-state index contributed by atoms with van der Waals surface area (Å²) in [6.45, 7) is 2.96. The summed E-state index contributed by atoms with van der Waals surface area (Å²) >= 11 is 0. The van der Waals surface area contributed by atoms with Crippen LogP contribution in [0.5, 0.6) is 11.5 Å². The van der Waals surface area contributed by atoms with Gasteiger partial charge in [0, 0.05) is 30.4 Å². The molecular formula is C20H20FN3O4. The number of urea groups is 1. The number of ether oxygens (including phenoxy) is 2. The van der Waals surface area contributed by atoms with Gasteiger partial charge in [0.1, 0.15) is 19.0 Å². The zero-order chi connectivity index (χ0) is 19.7. The number of nitrogens with zero attached hydrogens (tertiary/aromatic N) is 1. The molecule has 146 valence electrons. The third-order valence-corrected chi connectivity index (χ3v) is 4.73. The maximum atomic E-state index is 13.6. The first-order valence-corrected chi connectivity index (χ1v) is 9.03. The molecule has 2 aromatic carbocycles. The van der Waals surface area contributed by atoms with Gasteiger partial charge >= 0.3 is 6.03 Å². The summed E-state index contributed by atoms with van der Waals surface area (Å²) in [5.41, 5.74) is 1.55. The average molecular weight is 385 g/mol. The summed E-state index contributed by atoms with van der Waals surface area (Å²) in [5.74, 6) is 0.773. The summed E-state index contributed by atoms with van der Waals surface area (Å²) in [7, 11) is 0. The Bertz CT molecular complexity index is 934. The van der Waals surface area contributed by atoms with Crippen LogP contribution in [0.3, 0.4) is 0 Å². The van der Waals surface area contributed by atoms with Crippen molar-refractivity contribution in [3.8, 4) is 11.5 Å². The first kappa shape index (κ1) is 18.1. The van der Waals surface area contributed by atoms with Gasteiger partial charge in [-0.3, -0.25) is 4.79 Å². The molecule has 0 saturated carbocycles. The van der Waals surface area contributed by atoms with E-state index in [1.165, 1.54) is 6.07 Å². The standard InChI is InChI=1S/C20H20FN3O4/c1-12-2-3-13(8-16(12)21)22-20(26)23-14-9-19(25)24(11-14)15-4-5-17-18(10-15)28-7-6-27-17/h2-5,8,10,14H,6-7,9,11H2,1H3,(H2,22,23,26). The van der Waals surface area contributed by atoms with Crippen molar-refractivity contribution in [2.24, 2.45) is 0 Å². The average Bonchev–Trinajstić information content (AvgIpc) is 3.04. The number of halogens is 1. The Morgan fingerprint density at radius 1 is 1.14 bits per heavy atom. The van der Waals surface area contributed by atoms with Crippen molar-refractivity contribution in [2.75, 3.05) is 30.0 Å². The van der Waals surface area contributed by atoms with E-state index in [9.17, 15) is 14.0 Å². The fourth-order valence-electron chi connectivity index (χ4n) is 3.28. The minimum Gasteiger partial charge on any atom is -0.486 e. The molecule has 0 radical (unpaired) electrons. The molecular weight excluding hydrogens is 365 g/mol. The molecule has 3 amide bonds. The van der Waals surface area contributed by atoms with Gasteiger partial charge in [-0.25, -0.2) is 9.18 Å². The molecule has 2 aliphatic rings. The minimum absolute atomic E-state index is 0.0941. The molecule has 1 unspecified atom stereocenters. The second-order valence-corrected chi connectivity index (χ2v) is 6.80. The second kappa shape index (κ2) is 7.38. The van der Waals surface area contributed by atoms with Crippen molar-refractivity contribution in [3.63, 3.8) is 0 Å². The molecule has 0 bridgehead atoms. The number of anilines is 2. The third-order valence-electron chi connectivity index (χ3n) is 4.73. The lowest BCUT2D eigenvalue weighted by atomic mass is 10.2. The van der Waals surface area contributed by atoms with Crippen LogP contribution in [0.25, 0.3) is 0 Å². The van der Waals surface area contributed by atoms with Crippen LogP contribution >= 0.6 is 0 Å². The van der Waals surface area contributed by atoms with Gasteiger partial charge in [-0.15, -0.1) is 0 Å². The van der Waals surface area contributed by atoms with E-state index >= 15 is 0 Å². The van der Waals surface area contributed by atoms with Gasteiger partial charge in [-0.05, 0) is 36.8 Å². The predicted molar refractivity (Wildman–Crippen MR) is 101 cm³/mol. The molecule has 0 aromatic heterocycles. The van der Waals surface area contributed by atoms with E-state index in [1.54, 1.807) is 42.2 Å². The molecule has 4 rings (SSSR count). The number of nitrogens with one attached hydrogen (secondary N) is 2. The smallest absolute Gasteiger partial charge is 0.319 e. The van der Waals surface area contributed by atoms with E-state index in [1.807, 2.05) is 0 Å². The number of benzene rings is 2. The Morgan fingerprint density at radius 2 is 1.93 bits per heavy atom. The number of fused-ring (bicyclic) bond motifs is 1. The Balaban J connectivity index is 1.39. The van der Waals surface area contributed by atoms with E-state index in [-0.39, 0.29) is 18.4 Å². The summed E-state index contributed by atoms with van der Waals surface area (Å²) in [4.78, 5) is 26.2. The van der Waals surface area contributed by atoms with Crippen LogP contribution in [-0.2, 0) is 4.79 Å². The molecule has 2 N–H and O–H groups in total. The van der Waals surface area contributed by atoms with Crippen LogP contribution in [-0.4, -0.2) is 37.7 Å². The van der Waals surface area contributed by atoms with Crippen molar-refractivity contribution < 1.29 is 23.5 Å². The molecule has 28 heavy (non-hydrogen) atoms. The Morgan fingerprint density at radius 3 is 2.71 bits per heavy atom. The summed E-state index contributed by atoms with van der Waals surface area (Å²) in [6.07, 6.45) is 0.185. The summed E-state index contributed by atoms with van der Waals surface area (Å²) < 4.78 is 24.7. The van der Waals surface area contributed by atoms with Gasteiger partial charge in [0.05, 0.1) is 6.04 Å². The van der Waals surface area contributed by atoms with Crippen LogP contribution in [0.1, 0.15) is 12.0 Å². The Hall–Kier alpha value is -3.29. The number of hydrogen-bond acceptors (Lipinski definition) is 4. The SMILES string of the molecule is Cc1ccc(NC(=O)NC2CC(=O)N(c3ccc4c(c3)OCCO4)C2)cc1F. The fraction of sp³-hybridized carbons (Fsp3) is 0.300. The Labute approximate surface area is 161 Å². The lowest BCUT2D eigenvalue weighted by Crippen LogP contribution is -2.39. The van der Waals surface area contributed by atoms with Gasteiger partial charge in [-0.1, -0.05) is 6.07 Å². The molecule has 1 saturated heterocycles. The first-order valence-electron chi connectivity index (χ1n) is 9.03.